The largest absolute Gasteiger partial charge is 0.486 e. The number of aromatic nitrogens is 1. The van der Waals surface area contributed by atoms with Gasteiger partial charge in [-0.25, -0.2) is 4.39 Å². The van der Waals surface area contributed by atoms with E-state index in [-0.39, 0.29) is 17.9 Å². The third-order valence-electron chi connectivity index (χ3n) is 2.22. The molecule has 1 heterocycles. The molecule has 0 aliphatic carbocycles. The molecule has 0 saturated heterocycles. The van der Waals surface area contributed by atoms with E-state index in [2.05, 4.69) is 20.9 Å². The molecule has 18 heavy (non-hydrogen) atoms. The van der Waals surface area contributed by atoms with Crippen LogP contribution in [0.15, 0.2) is 41.1 Å². The van der Waals surface area contributed by atoms with Crippen LogP contribution in [0.25, 0.3) is 0 Å². The van der Waals surface area contributed by atoms with E-state index in [1.165, 1.54) is 12.1 Å². The molecule has 0 spiro atoms. The average molecular weight is 307 g/mol. The molecule has 0 fully saturated rings. The van der Waals surface area contributed by atoms with Gasteiger partial charge in [-0.15, -0.1) is 0 Å². The normalized spacial score (nSPS) is 9.83. The van der Waals surface area contributed by atoms with Crippen molar-refractivity contribution in [3.8, 4) is 11.8 Å². The minimum Gasteiger partial charge on any atom is -0.486 e. The number of hydrogen-bond donors (Lipinski definition) is 0. The second kappa shape index (κ2) is 5.61. The Labute approximate surface area is 112 Å². The van der Waals surface area contributed by atoms with Crippen LogP contribution in [0, 0.1) is 17.1 Å². The molecule has 0 bridgehead atoms. The van der Waals surface area contributed by atoms with Crippen LogP contribution in [0.5, 0.6) is 5.75 Å². The predicted molar refractivity (Wildman–Crippen MR) is 67.4 cm³/mol. The van der Waals surface area contributed by atoms with Crippen LogP contribution in [0.4, 0.5) is 4.39 Å². The molecule has 0 aliphatic rings. The van der Waals surface area contributed by atoms with Gasteiger partial charge in [0, 0.05) is 22.4 Å². The van der Waals surface area contributed by atoms with Gasteiger partial charge in [-0.05, 0) is 40.2 Å². The molecule has 0 aliphatic heterocycles. The fraction of sp³-hybridized carbons (Fsp3) is 0.0769. The van der Waals surface area contributed by atoms with E-state index in [9.17, 15) is 4.39 Å². The SMILES string of the molecule is N#Cc1ccc(OCc2cncc(Br)c2)c(F)c1. The van der Waals surface area contributed by atoms with Crippen molar-refractivity contribution in [1.82, 2.24) is 4.98 Å². The van der Waals surface area contributed by atoms with Crippen molar-refractivity contribution in [1.29, 1.82) is 5.26 Å². The Morgan fingerprint density at radius 1 is 1.33 bits per heavy atom. The second-order valence-corrected chi connectivity index (χ2v) is 4.47. The number of nitrogens with zero attached hydrogens (tertiary/aromatic N) is 2. The lowest BCUT2D eigenvalue weighted by atomic mass is 10.2. The van der Waals surface area contributed by atoms with Crippen LogP contribution in [-0.2, 0) is 6.61 Å². The number of ether oxygens (including phenoxy) is 1. The summed E-state index contributed by atoms with van der Waals surface area (Å²) in [6.45, 7) is 0.218. The molecule has 1 aromatic heterocycles. The van der Waals surface area contributed by atoms with E-state index < -0.39 is 5.82 Å². The van der Waals surface area contributed by atoms with Crippen molar-refractivity contribution < 1.29 is 9.13 Å². The summed E-state index contributed by atoms with van der Waals surface area (Å²) in [5, 5.41) is 8.62. The highest BCUT2D eigenvalue weighted by atomic mass is 79.9. The summed E-state index contributed by atoms with van der Waals surface area (Å²) in [5.74, 6) is -0.425. The fourth-order valence-electron chi connectivity index (χ4n) is 1.38. The van der Waals surface area contributed by atoms with Crippen molar-refractivity contribution in [3.05, 3.63) is 58.1 Å². The van der Waals surface area contributed by atoms with Crippen LogP contribution >= 0.6 is 15.9 Å². The Balaban J connectivity index is 2.09. The van der Waals surface area contributed by atoms with Crippen molar-refractivity contribution in [2.75, 3.05) is 0 Å². The van der Waals surface area contributed by atoms with Crippen LogP contribution < -0.4 is 4.74 Å². The van der Waals surface area contributed by atoms with E-state index in [1.54, 1.807) is 12.4 Å². The smallest absolute Gasteiger partial charge is 0.166 e. The quantitative estimate of drug-likeness (QED) is 0.872. The Morgan fingerprint density at radius 2 is 2.17 bits per heavy atom. The Bertz CT molecular complexity index is 610. The molecule has 0 atom stereocenters. The summed E-state index contributed by atoms with van der Waals surface area (Å²) in [7, 11) is 0. The van der Waals surface area contributed by atoms with Gasteiger partial charge in [-0.2, -0.15) is 5.26 Å². The summed E-state index contributed by atoms with van der Waals surface area (Å²) >= 11 is 3.29. The molecule has 5 heteroatoms. The van der Waals surface area contributed by atoms with E-state index in [4.69, 9.17) is 10.00 Å². The Hall–Kier alpha value is -1.93. The van der Waals surface area contributed by atoms with E-state index in [1.807, 2.05) is 12.1 Å². The summed E-state index contributed by atoms with van der Waals surface area (Å²) in [6, 6.07) is 7.81. The summed E-state index contributed by atoms with van der Waals surface area (Å²) < 4.78 is 19.7. The second-order valence-electron chi connectivity index (χ2n) is 3.56. The maximum absolute atomic E-state index is 13.5. The van der Waals surface area contributed by atoms with Crippen LogP contribution in [0.1, 0.15) is 11.1 Å². The average Bonchev–Trinajstić information content (AvgIpc) is 2.37. The summed E-state index contributed by atoms with van der Waals surface area (Å²) in [6.07, 6.45) is 3.30. The Kier molecular flexibility index (Phi) is 3.90. The van der Waals surface area contributed by atoms with Gasteiger partial charge in [0.1, 0.15) is 6.61 Å². The fourth-order valence-corrected chi connectivity index (χ4v) is 1.80. The highest BCUT2D eigenvalue weighted by molar-refractivity contribution is 9.10. The van der Waals surface area contributed by atoms with Crippen molar-refractivity contribution >= 4 is 15.9 Å². The first kappa shape index (κ1) is 12.5. The van der Waals surface area contributed by atoms with Gasteiger partial charge in [0.2, 0.25) is 0 Å². The minimum atomic E-state index is -0.544. The van der Waals surface area contributed by atoms with E-state index in [0.29, 0.717) is 0 Å². The third-order valence-corrected chi connectivity index (χ3v) is 2.65. The standard InChI is InChI=1S/C13H8BrFN2O/c14-11-3-10(6-17-7-11)8-18-13-2-1-9(5-16)4-12(13)15/h1-4,6-7H,8H2. The number of rotatable bonds is 3. The first-order valence-electron chi connectivity index (χ1n) is 5.11. The molecule has 1 aromatic carbocycles. The van der Waals surface area contributed by atoms with Gasteiger partial charge in [-0.1, -0.05) is 0 Å². The number of nitriles is 1. The maximum Gasteiger partial charge on any atom is 0.166 e. The highest BCUT2D eigenvalue weighted by Crippen LogP contribution is 2.19. The van der Waals surface area contributed by atoms with Crippen LogP contribution in [0.2, 0.25) is 0 Å². The molecule has 2 aromatic rings. The zero-order chi connectivity index (χ0) is 13.0. The monoisotopic (exact) mass is 306 g/mol. The zero-order valence-corrected chi connectivity index (χ0v) is 10.8. The lowest BCUT2D eigenvalue weighted by Crippen LogP contribution is -1.98. The van der Waals surface area contributed by atoms with Crippen molar-refractivity contribution in [2.45, 2.75) is 6.61 Å². The van der Waals surface area contributed by atoms with E-state index >= 15 is 0 Å². The topological polar surface area (TPSA) is 45.9 Å². The van der Waals surface area contributed by atoms with E-state index in [0.717, 1.165) is 16.1 Å². The van der Waals surface area contributed by atoms with Crippen molar-refractivity contribution in [3.63, 3.8) is 0 Å². The lowest BCUT2D eigenvalue weighted by molar-refractivity contribution is 0.290. The highest BCUT2D eigenvalue weighted by Gasteiger charge is 2.05. The van der Waals surface area contributed by atoms with Crippen LogP contribution in [0.3, 0.4) is 0 Å². The first-order valence-corrected chi connectivity index (χ1v) is 5.90. The molecular formula is C13H8BrFN2O. The Morgan fingerprint density at radius 3 is 2.83 bits per heavy atom. The van der Waals surface area contributed by atoms with Gasteiger partial charge in [0.25, 0.3) is 0 Å². The minimum absolute atomic E-state index is 0.119. The molecule has 90 valence electrons. The number of pyridine rings is 1. The van der Waals surface area contributed by atoms with Crippen LogP contribution in [-0.4, -0.2) is 4.98 Å². The molecule has 0 amide bonds. The lowest BCUT2D eigenvalue weighted by Gasteiger charge is -2.07. The van der Waals surface area contributed by atoms with Crippen molar-refractivity contribution in [2.24, 2.45) is 0 Å². The molecular weight excluding hydrogens is 299 g/mol. The number of halogens is 2. The predicted octanol–water partition coefficient (Wildman–Crippen LogP) is 3.43. The molecule has 0 radical (unpaired) electrons. The maximum atomic E-state index is 13.5. The number of hydrogen-bond acceptors (Lipinski definition) is 3. The van der Waals surface area contributed by atoms with Gasteiger partial charge >= 0.3 is 0 Å². The van der Waals surface area contributed by atoms with Gasteiger partial charge in [0.15, 0.2) is 11.6 Å². The van der Waals surface area contributed by atoms with Gasteiger partial charge in [0.05, 0.1) is 11.6 Å². The molecule has 0 unspecified atom stereocenters. The molecule has 2 rings (SSSR count). The molecule has 0 N–H and O–H groups in total. The van der Waals surface area contributed by atoms with Gasteiger partial charge < -0.3 is 4.74 Å². The third kappa shape index (κ3) is 3.05. The zero-order valence-electron chi connectivity index (χ0n) is 9.23. The molecule has 3 nitrogen and oxygen atoms in total. The summed E-state index contributed by atoms with van der Waals surface area (Å²) in [4.78, 5) is 3.98. The summed E-state index contributed by atoms with van der Waals surface area (Å²) in [5.41, 5.74) is 1.09. The van der Waals surface area contributed by atoms with Gasteiger partial charge in [-0.3, -0.25) is 4.98 Å². The molecule has 0 saturated carbocycles. The number of benzene rings is 1. The first-order chi connectivity index (χ1) is 8.69.